The predicted molar refractivity (Wildman–Crippen MR) is 105 cm³/mol. The number of hydrogen-bond donors (Lipinski definition) is 2. The minimum Gasteiger partial charge on any atom is -1.00 e. The van der Waals surface area contributed by atoms with Crippen molar-refractivity contribution in [3.8, 4) is 0 Å². The van der Waals surface area contributed by atoms with E-state index in [1.165, 1.54) is 38.5 Å². The highest BCUT2D eigenvalue weighted by atomic mass is 35.5. The molecule has 2 N–H and O–H groups in total. The summed E-state index contributed by atoms with van der Waals surface area (Å²) in [6.07, 6.45) is 13.6. The van der Waals surface area contributed by atoms with Crippen molar-refractivity contribution in [2.75, 3.05) is 26.7 Å². The van der Waals surface area contributed by atoms with Crippen LogP contribution in [0.2, 0.25) is 0 Å². The second kappa shape index (κ2) is 17.6. The van der Waals surface area contributed by atoms with Gasteiger partial charge in [-0.2, -0.15) is 0 Å². The Morgan fingerprint density at radius 1 is 0.640 bits per heavy atom. The van der Waals surface area contributed by atoms with Crippen LogP contribution < -0.4 is 12.4 Å². The summed E-state index contributed by atoms with van der Waals surface area (Å²) in [6, 6.07) is 0. The largest absolute Gasteiger partial charge is 1.00 e. The van der Waals surface area contributed by atoms with E-state index in [9.17, 15) is 10.2 Å². The van der Waals surface area contributed by atoms with E-state index >= 15 is 0 Å². The van der Waals surface area contributed by atoms with Gasteiger partial charge in [-0.25, -0.2) is 0 Å². The van der Waals surface area contributed by atoms with Gasteiger partial charge in [-0.1, -0.05) is 72.1 Å². The van der Waals surface area contributed by atoms with Gasteiger partial charge in [-0.15, -0.1) is 0 Å². The van der Waals surface area contributed by atoms with Gasteiger partial charge < -0.3 is 27.1 Å². The monoisotopic (exact) mass is 379 g/mol. The van der Waals surface area contributed by atoms with E-state index in [0.717, 1.165) is 62.6 Å². The molecule has 0 spiro atoms. The van der Waals surface area contributed by atoms with Gasteiger partial charge in [0.1, 0.15) is 25.3 Å². The molecule has 0 saturated heterocycles. The number of quaternary nitrogens is 1. The molecule has 0 aliphatic carbocycles. The first-order valence-electron chi connectivity index (χ1n) is 10.7. The molecule has 0 radical (unpaired) electrons. The predicted octanol–water partition coefficient (Wildman–Crippen LogP) is 1.90. The Kier molecular flexibility index (Phi) is 19.3. The highest BCUT2D eigenvalue weighted by molar-refractivity contribution is 4.60. The van der Waals surface area contributed by atoms with Crippen molar-refractivity contribution in [3.63, 3.8) is 0 Å². The molecular weight excluding hydrogens is 334 g/mol. The third-order valence-corrected chi connectivity index (χ3v) is 5.14. The maximum absolute atomic E-state index is 10.4. The molecule has 0 amide bonds. The summed E-state index contributed by atoms with van der Waals surface area (Å²) in [7, 11) is 2.23. The molecule has 0 aromatic heterocycles. The van der Waals surface area contributed by atoms with E-state index in [2.05, 4.69) is 27.8 Å². The van der Waals surface area contributed by atoms with Crippen molar-refractivity contribution in [3.05, 3.63) is 0 Å². The van der Waals surface area contributed by atoms with Gasteiger partial charge in [0.15, 0.2) is 0 Å². The fraction of sp³-hybridized carbons (Fsp3) is 1.00. The third-order valence-electron chi connectivity index (χ3n) is 5.14. The fourth-order valence-electron chi connectivity index (χ4n) is 3.61. The van der Waals surface area contributed by atoms with Crippen LogP contribution in [0.1, 0.15) is 97.8 Å². The lowest BCUT2D eigenvalue weighted by Gasteiger charge is -2.38. The average Bonchev–Trinajstić information content (AvgIpc) is 2.54. The molecule has 0 aliphatic heterocycles. The number of aliphatic hydroxyl groups excluding tert-OH is 2. The van der Waals surface area contributed by atoms with Gasteiger partial charge in [0.2, 0.25) is 0 Å². The van der Waals surface area contributed by atoms with E-state index in [0.29, 0.717) is 0 Å². The molecule has 154 valence electrons. The van der Waals surface area contributed by atoms with Gasteiger partial charge >= 0.3 is 0 Å². The maximum atomic E-state index is 10.4. The molecule has 3 nitrogen and oxygen atoms in total. The summed E-state index contributed by atoms with van der Waals surface area (Å²) >= 11 is 0. The Hall–Kier alpha value is 0.170. The Morgan fingerprint density at radius 2 is 1.04 bits per heavy atom. The van der Waals surface area contributed by atoms with Crippen molar-refractivity contribution >= 4 is 0 Å². The van der Waals surface area contributed by atoms with Crippen LogP contribution in [0, 0.1) is 0 Å². The summed E-state index contributed by atoms with van der Waals surface area (Å²) in [4.78, 5) is 0. The van der Waals surface area contributed by atoms with Crippen molar-refractivity contribution < 1.29 is 27.1 Å². The maximum Gasteiger partial charge on any atom is 0.105 e. The Labute approximate surface area is 164 Å². The van der Waals surface area contributed by atoms with Crippen LogP contribution in [-0.2, 0) is 0 Å². The first-order chi connectivity index (χ1) is 11.5. The summed E-state index contributed by atoms with van der Waals surface area (Å²) < 4.78 is 0.823. The zero-order valence-electron chi connectivity index (χ0n) is 17.5. The molecule has 0 rings (SSSR count). The molecule has 2 atom stereocenters. The minimum atomic E-state index is -0.228. The van der Waals surface area contributed by atoms with E-state index in [4.69, 9.17) is 0 Å². The molecule has 0 aromatic rings. The zero-order valence-corrected chi connectivity index (χ0v) is 18.2. The Morgan fingerprint density at radius 3 is 1.48 bits per heavy atom. The smallest absolute Gasteiger partial charge is 0.105 e. The van der Waals surface area contributed by atoms with E-state index in [1.54, 1.807) is 0 Å². The van der Waals surface area contributed by atoms with E-state index in [-0.39, 0.29) is 24.6 Å². The van der Waals surface area contributed by atoms with Crippen molar-refractivity contribution in [2.24, 2.45) is 0 Å². The molecule has 4 heteroatoms. The Bertz CT molecular complexity index is 261. The van der Waals surface area contributed by atoms with Gasteiger partial charge in [0.25, 0.3) is 0 Å². The molecule has 0 aromatic carbocycles. The number of aliphatic hydroxyl groups is 2. The molecule has 0 bridgehead atoms. The summed E-state index contributed by atoms with van der Waals surface area (Å²) in [5.41, 5.74) is 0. The van der Waals surface area contributed by atoms with Crippen LogP contribution in [0.3, 0.4) is 0 Å². The lowest BCUT2D eigenvalue weighted by molar-refractivity contribution is -0.915. The van der Waals surface area contributed by atoms with Crippen LogP contribution in [0.15, 0.2) is 0 Å². The second-order valence-electron chi connectivity index (χ2n) is 8.07. The molecule has 0 saturated carbocycles. The first-order valence-corrected chi connectivity index (χ1v) is 10.7. The summed E-state index contributed by atoms with van der Waals surface area (Å²) in [6.45, 7) is 9.26. The minimum absolute atomic E-state index is 0. The zero-order chi connectivity index (χ0) is 18.3. The summed E-state index contributed by atoms with van der Waals surface area (Å²) in [5.74, 6) is 0. The molecule has 25 heavy (non-hydrogen) atoms. The van der Waals surface area contributed by atoms with E-state index in [1.807, 2.05) is 0 Å². The lowest BCUT2D eigenvalue weighted by atomic mass is 10.1. The topological polar surface area (TPSA) is 40.5 Å². The SMILES string of the molecule is CCCCCCCC[N+](C)(CC(O)CCCC)CC(O)CCCC.[Cl-]. The number of nitrogens with zero attached hydrogens (tertiary/aromatic N) is 1. The first kappa shape index (κ1) is 27.4. The van der Waals surface area contributed by atoms with Crippen molar-refractivity contribution in [1.82, 2.24) is 0 Å². The van der Waals surface area contributed by atoms with E-state index < -0.39 is 0 Å². The van der Waals surface area contributed by atoms with Gasteiger partial charge in [0, 0.05) is 0 Å². The molecule has 2 unspecified atom stereocenters. The van der Waals surface area contributed by atoms with Crippen molar-refractivity contribution in [2.45, 2.75) is 110 Å². The highest BCUT2D eigenvalue weighted by Gasteiger charge is 2.28. The van der Waals surface area contributed by atoms with Gasteiger partial charge in [0.05, 0.1) is 13.6 Å². The number of rotatable bonds is 17. The fourth-order valence-corrected chi connectivity index (χ4v) is 3.61. The van der Waals surface area contributed by atoms with Crippen LogP contribution >= 0.6 is 0 Å². The van der Waals surface area contributed by atoms with Crippen LogP contribution in [-0.4, -0.2) is 53.6 Å². The Balaban J connectivity index is 0. The van der Waals surface area contributed by atoms with Crippen LogP contribution in [0.5, 0.6) is 0 Å². The third kappa shape index (κ3) is 16.1. The lowest BCUT2D eigenvalue weighted by Crippen LogP contribution is -3.00. The molecule has 0 fully saturated rings. The second-order valence-corrected chi connectivity index (χ2v) is 8.07. The molecule has 0 aliphatic rings. The average molecular weight is 380 g/mol. The standard InChI is InChI=1S/C21H46NO2.ClH/c1-5-8-11-12-13-14-17-22(4,18-20(23)15-9-6-2)19-21(24)16-10-7-3;/h20-21,23-24H,5-19H2,1-4H3;1H/q+1;/p-1. The number of hydrogen-bond acceptors (Lipinski definition) is 2. The van der Waals surface area contributed by atoms with Crippen LogP contribution in [0.4, 0.5) is 0 Å². The quantitative estimate of drug-likeness (QED) is 0.299. The van der Waals surface area contributed by atoms with Crippen molar-refractivity contribution in [1.29, 1.82) is 0 Å². The van der Waals surface area contributed by atoms with Crippen LogP contribution in [0.25, 0.3) is 0 Å². The molecular formula is C21H46ClNO2. The van der Waals surface area contributed by atoms with Gasteiger partial charge in [-0.05, 0) is 25.7 Å². The number of likely N-dealkylation sites (N-methyl/N-ethyl adjacent to an activating group) is 1. The molecule has 0 heterocycles. The highest BCUT2D eigenvalue weighted by Crippen LogP contribution is 2.16. The number of unbranched alkanes of at least 4 members (excludes halogenated alkanes) is 7. The summed E-state index contributed by atoms with van der Waals surface area (Å²) in [5, 5.41) is 20.8. The number of halogens is 1. The van der Waals surface area contributed by atoms with Gasteiger partial charge in [-0.3, -0.25) is 0 Å². The normalized spacial score (nSPS) is 16.1.